The van der Waals surface area contributed by atoms with Crippen LogP contribution in [-0.2, 0) is 0 Å². The first-order chi connectivity index (χ1) is 6.74. The average molecular weight is 214 g/mol. The van der Waals surface area contributed by atoms with Crippen LogP contribution in [0.2, 0.25) is 0 Å². The van der Waals surface area contributed by atoms with Gasteiger partial charge in [0.15, 0.2) is 0 Å². The molecular weight excluding hydrogens is 201 g/mol. The predicted octanol–water partition coefficient (Wildman–Crippen LogP) is 3.34. The minimum absolute atomic E-state index is 0.227. The Morgan fingerprint density at radius 2 is 2.21 bits per heavy atom. The maximum atomic E-state index is 13.2. The third-order valence-corrected chi connectivity index (χ3v) is 1.97. The lowest BCUT2D eigenvalue weighted by atomic mass is 10.2. The number of halogens is 2. The molecule has 1 N–H and O–H groups in total. The third-order valence-electron chi connectivity index (χ3n) is 1.79. The zero-order valence-corrected chi connectivity index (χ0v) is 8.81. The Bertz CT molecular complexity index is 323. The second-order valence-electron chi connectivity index (χ2n) is 2.99. The van der Waals surface area contributed by atoms with Crippen LogP contribution in [0.3, 0.4) is 0 Å². The highest BCUT2D eigenvalue weighted by Crippen LogP contribution is 2.14. The van der Waals surface area contributed by atoms with E-state index in [2.05, 4.69) is 5.32 Å². The number of anilines is 1. The molecule has 14 heavy (non-hydrogen) atoms. The van der Waals surface area contributed by atoms with Gasteiger partial charge in [0.1, 0.15) is 5.82 Å². The lowest BCUT2D eigenvalue weighted by molar-refractivity contribution is 0.630. The lowest BCUT2D eigenvalue weighted by Crippen LogP contribution is -2.00. The summed E-state index contributed by atoms with van der Waals surface area (Å²) in [5.41, 5.74) is 1.57. The average Bonchev–Trinajstić information content (AvgIpc) is 2.18. The normalized spacial score (nSPS) is 10.8. The van der Waals surface area contributed by atoms with E-state index in [0.717, 1.165) is 5.56 Å². The van der Waals surface area contributed by atoms with Crippen molar-refractivity contribution in [3.63, 3.8) is 0 Å². The maximum absolute atomic E-state index is 13.2. The van der Waals surface area contributed by atoms with Gasteiger partial charge in [-0.3, -0.25) is 0 Å². The van der Waals surface area contributed by atoms with Crippen LogP contribution in [0, 0.1) is 12.7 Å². The number of alkyl halides is 1. The largest absolute Gasteiger partial charge is 0.379 e. The highest BCUT2D eigenvalue weighted by molar-refractivity contribution is 6.18. The van der Waals surface area contributed by atoms with E-state index in [9.17, 15) is 4.39 Å². The number of aryl methyl sites for hydroxylation is 1. The molecule has 0 amide bonds. The Kier molecular flexibility index (Phi) is 4.47. The molecule has 0 spiro atoms. The molecule has 0 aliphatic heterocycles. The van der Waals surface area contributed by atoms with Crippen LogP contribution in [0.25, 0.3) is 0 Å². The zero-order valence-electron chi connectivity index (χ0n) is 8.06. The van der Waals surface area contributed by atoms with Crippen LogP contribution in [0.4, 0.5) is 10.1 Å². The highest BCUT2D eigenvalue weighted by Gasteiger charge is 1.99. The Morgan fingerprint density at radius 3 is 2.93 bits per heavy atom. The molecule has 0 radical (unpaired) electrons. The van der Waals surface area contributed by atoms with Crippen molar-refractivity contribution in [3.05, 3.63) is 41.7 Å². The van der Waals surface area contributed by atoms with Crippen molar-refractivity contribution in [1.82, 2.24) is 0 Å². The maximum Gasteiger partial charge on any atom is 0.146 e. The number of benzene rings is 1. The predicted molar refractivity (Wildman–Crippen MR) is 59.5 cm³/mol. The van der Waals surface area contributed by atoms with E-state index in [4.69, 9.17) is 11.6 Å². The molecule has 0 saturated carbocycles. The fourth-order valence-electron chi connectivity index (χ4n) is 1.09. The number of allylic oxidation sites excluding steroid dienone is 1. The quantitative estimate of drug-likeness (QED) is 0.598. The van der Waals surface area contributed by atoms with Gasteiger partial charge in [-0.1, -0.05) is 18.2 Å². The van der Waals surface area contributed by atoms with Gasteiger partial charge in [-0.2, -0.15) is 0 Å². The molecule has 1 rings (SSSR count). The molecule has 0 aromatic heterocycles. The first-order valence-corrected chi connectivity index (χ1v) is 4.98. The van der Waals surface area contributed by atoms with E-state index in [1.165, 1.54) is 6.07 Å². The van der Waals surface area contributed by atoms with Gasteiger partial charge in [0, 0.05) is 12.4 Å². The molecule has 1 nitrogen and oxygen atoms in total. The Labute approximate surface area is 88.6 Å². The molecule has 76 valence electrons. The fourth-order valence-corrected chi connectivity index (χ4v) is 1.22. The summed E-state index contributed by atoms with van der Waals surface area (Å²) in [5.74, 6) is 0.257. The second kappa shape index (κ2) is 5.66. The number of rotatable bonds is 4. The minimum atomic E-state index is -0.227. The Hall–Kier alpha value is -1.02. The zero-order chi connectivity index (χ0) is 10.4. The molecule has 0 aliphatic rings. The number of nitrogens with one attached hydrogen (secondary N) is 1. The van der Waals surface area contributed by atoms with Crippen molar-refractivity contribution in [2.24, 2.45) is 0 Å². The van der Waals surface area contributed by atoms with E-state index in [1.807, 2.05) is 19.1 Å². The van der Waals surface area contributed by atoms with E-state index >= 15 is 0 Å². The van der Waals surface area contributed by atoms with Crippen molar-refractivity contribution in [2.75, 3.05) is 17.7 Å². The van der Waals surface area contributed by atoms with Crippen molar-refractivity contribution in [3.8, 4) is 0 Å². The van der Waals surface area contributed by atoms with E-state index in [1.54, 1.807) is 12.1 Å². The Morgan fingerprint density at radius 1 is 1.43 bits per heavy atom. The molecule has 0 fully saturated rings. The van der Waals surface area contributed by atoms with Gasteiger partial charge in [0.05, 0.1) is 5.69 Å². The third kappa shape index (κ3) is 3.38. The van der Waals surface area contributed by atoms with E-state index in [0.29, 0.717) is 18.1 Å². The topological polar surface area (TPSA) is 12.0 Å². The number of hydrogen-bond donors (Lipinski definition) is 1. The van der Waals surface area contributed by atoms with Crippen LogP contribution >= 0.6 is 11.6 Å². The highest BCUT2D eigenvalue weighted by atomic mass is 35.5. The molecule has 0 heterocycles. The summed E-state index contributed by atoms with van der Waals surface area (Å²) >= 11 is 5.45. The molecule has 0 atom stereocenters. The van der Waals surface area contributed by atoms with E-state index in [-0.39, 0.29) is 5.82 Å². The molecule has 0 saturated heterocycles. The van der Waals surface area contributed by atoms with Gasteiger partial charge in [0.25, 0.3) is 0 Å². The summed E-state index contributed by atoms with van der Waals surface area (Å²) in [6, 6.07) is 4.99. The van der Waals surface area contributed by atoms with Gasteiger partial charge in [0.2, 0.25) is 0 Å². The lowest BCUT2D eigenvalue weighted by Gasteiger charge is -2.05. The van der Waals surface area contributed by atoms with Gasteiger partial charge >= 0.3 is 0 Å². The van der Waals surface area contributed by atoms with Crippen molar-refractivity contribution >= 4 is 17.3 Å². The summed E-state index contributed by atoms with van der Waals surface area (Å²) in [7, 11) is 0. The molecule has 0 aliphatic carbocycles. The minimum Gasteiger partial charge on any atom is -0.379 e. The standard InChI is InChI=1S/C11H13ClFN/c1-9-4-5-10(13)11(8-9)14-7-3-2-6-12/h2-5,8,14H,6-7H2,1H3/b3-2+. The summed E-state index contributed by atoms with van der Waals surface area (Å²) in [4.78, 5) is 0. The van der Waals surface area contributed by atoms with Gasteiger partial charge in [-0.25, -0.2) is 4.39 Å². The van der Waals surface area contributed by atoms with Crippen LogP contribution in [0.1, 0.15) is 5.56 Å². The molecule has 3 heteroatoms. The first kappa shape index (κ1) is 11.1. The van der Waals surface area contributed by atoms with Crippen LogP contribution in [0.5, 0.6) is 0 Å². The van der Waals surface area contributed by atoms with Crippen LogP contribution < -0.4 is 5.32 Å². The SMILES string of the molecule is Cc1ccc(F)c(NC/C=C/CCl)c1. The van der Waals surface area contributed by atoms with Gasteiger partial charge < -0.3 is 5.32 Å². The summed E-state index contributed by atoms with van der Waals surface area (Å²) in [5, 5.41) is 2.97. The smallest absolute Gasteiger partial charge is 0.146 e. The van der Waals surface area contributed by atoms with Crippen LogP contribution in [0.15, 0.2) is 30.4 Å². The van der Waals surface area contributed by atoms with Gasteiger partial charge in [-0.15, -0.1) is 11.6 Å². The monoisotopic (exact) mass is 213 g/mol. The molecular formula is C11H13ClFN. The Balaban J connectivity index is 2.57. The molecule has 0 bridgehead atoms. The summed E-state index contributed by atoms with van der Waals surface area (Å²) in [6.45, 7) is 2.52. The second-order valence-corrected chi connectivity index (χ2v) is 3.30. The fraction of sp³-hybridized carbons (Fsp3) is 0.273. The van der Waals surface area contributed by atoms with Crippen molar-refractivity contribution in [1.29, 1.82) is 0 Å². The van der Waals surface area contributed by atoms with Crippen molar-refractivity contribution in [2.45, 2.75) is 6.92 Å². The molecule has 0 unspecified atom stereocenters. The summed E-state index contributed by atoms with van der Waals surface area (Å²) < 4.78 is 13.2. The molecule has 1 aromatic carbocycles. The van der Waals surface area contributed by atoms with Crippen LogP contribution in [-0.4, -0.2) is 12.4 Å². The first-order valence-electron chi connectivity index (χ1n) is 4.45. The molecule has 1 aromatic rings. The van der Waals surface area contributed by atoms with Crippen molar-refractivity contribution < 1.29 is 4.39 Å². The number of hydrogen-bond acceptors (Lipinski definition) is 1. The summed E-state index contributed by atoms with van der Waals surface area (Å²) in [6.07, 6.45) is 3.69. The van der Waals surface area contributed by atoms with Gasteiger partial charge in [-0.05, 0) is 24.6 Å². The van der Waals surface area contributed by atoms with E-state index < -0.39 is 0 Å².